The summed E-state index contributed by atoms with van der Waals surface area (Å²) in [5.41, 5.74) is 5.03. The third kappa shape index (κ3) is 4.16. The number of hydrogen-bond acceptors (Lipinski definition) is 10. The van der Waals surface area contributed by atoms with Gasteiger partial charge in [0.2, 0.25) is 5.91 Å². The van der Waals surface area contributed by atoms with E-state index in [1.165, 1.54) is 4.90 Å². The standard InChI is InChI=1S/C32H38N4O7/c1-34(2)24-17-8-7-15(14-36-9-5-6-10-36)11-18(17)26(37)22-19(24)12-16-13-20-25(35(3)4)28(39)23(31(33)42)30(41)32(20,43)29(40)21(16)27(22)38/h7-8,11,16,20-21,23,25,37,43H,5-6,9-10,12-14H2,1-4H3,(H2,33,42)/t16-,20-,21?,23?,25-,32-/m0/s1. The first kappa shape index (κ1) is 29.4. The predicted molar refractivity (Wildman–Crippen MR) is 158 cm³/mol. The van der Waals surface area contributed by atoms with Crippen LogP contribution in [0.1, 0.15) is 40.7 Å². The van der Waals surface area contributed by atoms with Crippen molar-refractivity contribution in [2.45, 2.75) is 43.9 Å². The van der Waals surface area contributed by atoms with E-state index in [9.17, 15) is 34.2 Å². The highest BCUT2D eigenvalue weighted by molar-refractivity contribution is 6.32. The number of aliphatic hydroxyl groups is 1. The molecule has 0 spiro atoms. The summed E-state index contributed by atoms with van der Waals surface area (Å²) in [7, 11) is 6.86. The zero-order valence-corrected chi connectivity index (χ0v) is 24.9. The van der Waals surface area contributed by atoms with E-state index in [2.05, 4.69) is 4.90 Å². The van der Waals surface area contributed by atoms with E-state index < -0.39 is 64.4 Å². The third-order valence-corrected chi connectivity index (χ3v) is 10.1. The Morgan fingerprint density at radius 3 is 2.33 bits per heavy atom. The molecule has 1 saturated heterocycles. The highest BCUT2D eigenvalue weighted by Crippen LogP contribution is 2.53. The molecule has 1 amide bonds. The summed E-state index contributed by atoms with van der Waals surface area (Å²) in [5.74, 6) is -10.4. The van der Waals surface area contributed by atoms with Crippen LogP contribution in [0, 0.1) is 23.7 Å². The highest BCUT2D eigenvalue weighted by Gasteiger charge is 2.69. The molecule has 6 atom stereocenters. The molecule has 11 nitrogen and oxygen atoms in total. The minimum absolute atomic E-state index is 0.0149. The topological polar surface area (TPSA) is 162 Å². The van der Waals surface area contributed by atoms with Gasteiger partial charge >= 0.3 is 0 Å². The maximum atomic E-state index is 14.3. The molecule has 6 rings (SSSR count). The van der Waals surface area contributed by atoms with Crippen LogP contribution < -0.4 is 10.6 Å². The zero-order valence-electron chi connectivity index (χ0n) is 24.9. The van der Waals surface area contributed by atoms with Gasteiger partial charge in [-0.2, -0.15) is 0 Å². The van der Waals surface area contributed by atoms with Crippen LogP contribution in [0.25, 0.3) is 10.8 Å². The number of benzene rings is 2. The molecule has 0 bridgehead atoms. The van der Waals surface area contributed by atoms with Gasteiger partial charge in [0.15, 0.2) is 34.7 Å². The average Bonchev–Trinajstić information content (AvgIpc) is 3.43. The smallest absolute Gasteiger partial charge is 0.235 e. The van der Waals surface area contributed by atoms with Crippen LogP contribution in [0.5, 0.6) is 5.75 Å². The number of rotatable bonds is 5. The first-order chi connectivity index (χ1) is 20.3. The van der Waals surface area contributed by atoms with E-state index in [1.54, 1.807) is 14.1 Å². The van der Waals surface area contributed by atoms with Crippen LogP contribution in [-0.4, -0.2) is 102 Å². The summed E-state index contributed by atoms with van der Waals surface area (Å²) < 4.78 is 0. The van der Waals surface area contributed by atoms with Gasteiger partial charge < -0.3 is 20.8 Å². The van der Waals surface area contributed by atoms with Crippen LogP contribution in [0.2, 0.25) is 0 Å². The van der Waals surface area contributed by atoms with Crippen molar-refractivity contribution >= 4 is 45.5 Å². The van der Waals surface area contributed by atoms with E-state index in [0.717, 1.165) is 42.6 Å². The van der Waals surface area contributed by atoms with Crippen molar-refractivity contribution in [2.24, 2.45) is 29.4 Å². The molecule has 1 heterocycles. The number of phenolic OH excluding ortho intramolecular Hbond substituents is 1. The number of amides is 1. The Labute approximate surface area is 249 Å². The van der Waals surface area contributed by atoms with E-state index in [0.29, 0.717) is 17.5 Å². The molecular formula is C32H38N4O7. The molecule has 2 saturated carbocycles. The van der Waals surface area contributed by atoms with E-state index in [4.69, 9.17) is 5.73 Å². The van der Waals surface area contributed by atoms with Crippen LogP contribution >= 0.6 is 0 Å². The largest absolute Gasteiger partial charge is 0.507 e. The van der Waals surface area contributed by atoms with Gasteiger partial charge in [-0.1, -0.05) is 12.1 Å². The summed E-state index contributed by atoms with van der Waals surface area (Å²) in [6, 6.07) is 4.75. The second kappa shape index (κ2) is 10.2. The lowest BCUT2D eigenvalue weighted by molar-refractivity contribution is -0.181. The summed E-state index contributed by atoms with van der Waals surface area (Å²) >= 11 is 0. The Bertz CT molecular complexity index is 1590. The lowest BCUT2D eigenvalue weighted by Crippen LogP contribution is -2.74. The van der Waals surface area contributed by atoms with E-state index in [-0.39, 0.29) is 24.2 Å². The van der Waals surface area contributed by atoms with Crippen LogP contribution in [0.3, 0.4) is 0 Å². The molecule has 2 unspecified atom stereocenters. The van der Waals surface area contributed by atoms with Gasteiger partial charge in [-0.3, -0.25) is 33.8 Å². The molecule has 3 fully saturated rings. The Morgan fingerprint density at radius 1 is 1.05 bits per heavy atom. The number of anilines is 1. The predicted octanol–water partition coefficient (Wildman–Crippen LogP) is 0.682. The van der Waals surface area contributed by atoms with Gasteiger partial charge in [-0.25, -0.2) is 0 Å². The monoisotopic (exact) mass is 590 g/mol. The van der Waals surface area contributed by atoms with Gasteiger partial charge in [-0.05, 0) is 76.0 Å². The third-order valence-electron chi connectivity index (χ3n) is 10.1. The van der Waals surface area contributed by atoms with Crippen LogP contribution in [0.15, 0.2) is 18.2 Å². The fourth-order valence-electron chi connectivity index (χ4n) is 8.31. The number of aromatic hydroxyl groups is 1. The van der Waals surface area contributed by atoms with E-state index >= 15 is 0 Å². The molecule has 43 heavy (non-hydrogen) atoms. The number of likely N-dealkylation sites (N-methyl/N-ethyl adjacent to an activating group) is 1. The number of hydrogen-bond donors (Lipinski definition) is 3. The SMILES string of the molecule is CN(C)c1c2c(c(O)c3cc(CN4CCCC4)ccc13)C(=O)C1C(=O)[C@]3(O)C(=O)C(C(N)=O)C(=O)[C@@H](N(C)C)[C@@H]3C[C@@H]1C2. The first-order valence-corrected chi connectivity index (χ1v) is 14.8. The number of carbonyl (C=O) groups excluding carboxylic acids is 5. The van der Waals surface area contributed by atoms with Crippen molar-refractivity contribution in [1.29, 1.82) is 0 Å². The molecule has 1 aliphatic heterocycles. The molecule has 2 aromatic rings. The summed E-state index contributed by atoms with van der Waals surface area (Å²) in [5, 5.41) is 24.7. The number of nitrogens with zero attached hydrogens (tertiary/aromatic N) is 3. The summed E-state index contributed by atoms with van der Waals surface area (Å²) in [4.78, 5) is 73.2. The van der Waals surface area contributed by atoms with Crippen LogP contribution in [-0.2, 0) is 32.1 Å². The van der Waals surface area contributed by atoms with E-state index in [1.807, 2.05) is 37.2 Å². The second-order valence-corrected chi connectivity index (χ2v) is 13.1. The van der Waals surface area contributed by atoms with Gasteiger partial charge in [0.1, 0.15) is 5.75 Å². The first-order valence-electron chi connectivity index (χ1n) is 14.8. The quantitative estimate of drug-likeness (QED) is 0.423. The highest BCUT2D eigenvalue weighted by atomic mass is 16.3. The minimum Gasteiger partial charge on any atom is -0.507 e. The lowest BCUT2D eigenvalue weighted by atomic mass is 9.52. The van der Waals surface area contributed by atoms with Gasteiger partial charge in [-0.15, -0.1) is 0 Å². The summed E-state index contributed by atoms with van der Waals surface area (Å²) in [6.07, 6.45) is 2.52. The average molecular weight is 591 g/mol. The normalized spacial score (nSPS) is 30.9. The fourth-order valence-corrected chi connectivity index (χ4v) is 8.31. The molecule has 0 aromatic heterocycles. The molecule has 4 aliphatic rings. The van der Waals surface area contributed by atoms with Crippen molar-refractivity contribution in [2.75, 3.05) is 46.2 Å². The van der Waals surface area contributed by atoms with Gasteiger partial charge in [0.25, 0.3) is 0 Å². The maximum absolute atomic E-state index is 14.3. The van der Waals surface area contributed by atoms with Crippen molar-refractivity contribution in [1.82, 2.24) is 9.80 Å². The number of fused-ring (bicyclic) bond motifs is 4. The molecule has 228 valence electrons. The number of phenols is 1. The number of ketones is 4. The maximum Gasteiger partial charge on any atom is 0.235 e. The number of nitrogens with two attached hydrogens (primary N) is 1. The van der Waals surface area contributed by atoms with Crippen LogP contribution in [0.4, 0.5) is 5.69 Å². The minimum atomic E-state index is -2.74. The van der Waals surface area contributed by atoms with Crippen molar-refractivity contribution in [3.05, 3.63) is 34.9 Å². The molecular weight excluding hydrogens is 552 g/mol. The Hall–Kier alpha value is -3.67. The molecule has 3 aliphatic carbocycles. The lowest BCUT2D eigenvalue weighted by Gasteiger charge is -2.52. The zero-order chi connectivity index (χ0) is 31.1. The fraction of sp³-hybridized carbons (Fsp3) is 0.531. The second-order valence-electron chi connectivity index (χ2n) is 13.1. The molecule has 0 radical (unpaired) electrons. The van der Waals surface area contributed by atoms with Gasteiger partial charge in [0.05, 0.1) is 17.5 Å². The number of likely N-dealkylation sites (tertiary alicyclic amines) is 1. The number of Topliss-reactive ketones (excluding diaryl/α,β-unsaturated/α-hetero) is 4. The Morgan fingerprint density at radius 2 is 1.72 bits per heavy atom. The summed E-state index contributed by atoms with van der Waals surface area (Å²) in [6.45, 7) is 2.71. The van der Waals surface area contributed by atoms with Crippen molar-refractivity contribution < 1.29 is 34.2 Å². The Kier molecular flexibility index (Phi) is 6.98. The molecule has 2 aromatic carbocycles. The molecule has 11 heteroatoms. The molecule has 4 N–H and O–H groups in total. The van der Waals surface area contributed by atoms with Gasteiger partial charge in [0, 0.05) is 43.0 Å². The number of primary amides is 1. The Balaban J connectivity index is 1.50. The van der Waals surface area contributed by atoms with Crippen molar-refractivity contribution in [3.8, 4) is 5.75 Å². The van der Waals surface area contributed by atoms with Crippen molar-refractivity contribution in [3.63, 3.8) is 0 Å². The number of carbonyl (C=O) groups is 5.